The lowest BCUT2D eigenvalue weighted by Gasteiger charge is -2.27. The summed E-state index contributed by atoms with van der Waals surface area (Å²) >= 11 is 0. The number of carbonyl (C=O) groups excluding carboxylic acids is 1. The smallest absolute Gasteiger partial charge is 0.254 e. The second-order valence-corrected chi connectivity index (χ2v) is 9.97. The average Bonchev–Trinajstić information content (AvgIpc) is 2.78. The predicted molar refractivity (Wildman–Crippen MR) is 139 cm³/mol. The van der Waals surface area contributed by atoms with Crippen LogP contribution in [0.15, 0.2) is 48.5 Å². The van der Waals surface area contributed by atoms with Crippen LogP contribution in [0.1, 0.15) is 80.6 Å². The fourth-order valence-electron chi connectivity index (χ4n) is 4.19. The molecular formula is C29H44N2O2. The first kappa shape index (κ1) is 27.1. The van der Waals surface area contributed by atoms with Gasteiger partial charge in [0.25, 0.3) is 5.91 Å². The third kappa shape index (κ3) is 9.30. The predicted octanol–water partition coefficient (Wildman–Crippen LogP) is 5.65. The molecule has 0 heterocycles. The summed E-state index contributed by atoms with van der Waals surface area (Å²) < 4.78 is 0. The highest BCUT2D eigenvalue weighted by Crippen LogP contribution is 2.17. The van der Waals surface area contributed by atoms with E-state index in [0.29, 0.717) is 18.4 Å². The largest absolute Gasteiger partial charge is 0.387 e. The van der Waals surface area contributed by atoms with Gasteiger partial charge in [0.1, 0.15) is 0 Å². The Morgan fingerprint density at radius 2 is 1.58 bits per heavy atom. The number of aliphatic hydroxyl groups is 1. The van der Waals surface area contributed by atoms with Crippen LogP contribution in [-0.2, 0) is 12.8 Å². The zero-order valence-electron chi connectivity index (χ0n) is 21.3. The van der Waals surface area contributed by atoms with Crippen molar-refractivity contribution in [1.82, 2.24) is 10.2 Å². The zero-order chi connectivity index (χ0) is 24.2. The Kier molecular flexibility index (Phi) is 11.6. The van der Waals surface area contributed by atoms with Gasteiger partial charge in [-0.25, -0.2) is 0 Å². The summed E-state index contributed by atoms with van der Waals surface area (Å²) in [5.41, 5.74) is 4.20. The molecule has 1 unspecified atom stereocenters. The monoisotopic (exact) mass is 452 g/mol. The first-order chi connectivity index (χ1) is 15.8. The molecule has 0 aliphatic heterocycles. The van der Waals surface area contributed by atoms with E-state index in [4.69, 9.17) is 0 Å². The molecule has 1 atom stereocenters. The minimum absolute atomic E-state index is 0.142. The normalized spacial score (nSPS) is 12.4. The van der Waals surface area contributed by atoms with E-state index in [0.717, 1.165) is 62.0 Å². The van der Waals surface area contributed by atoms with Gasteiger partial charge in [-0.2, -0.15) is 0 Å². The molecule has 0 radical (unpaired) electrons. The number of nitrogens with one attached hydrogen (secondary N) is 1. The van der Waals surface area contributed by atoms with Crippen LogP contribution in [0.4, 0.5) is 0 Å². The number of nitrogens with zero attached hydrogens (tertiary/aromatic N) is 1. The molecule has 4 nitrogen and oxygen atoms in total. The van der Waals surface area contributed by atoms with Gasteiger partial charge in [0.2, 0.25) is 0 Å². The van der Waals surface area contributed by atoms with Gasteiger partial charge in [-0.1, -0.05) is 83.5 Å². The highest BCUT2D eigenvalue weighted by molar-refractivity contribution is 5.95. The Labute approximate surface area is 201 Å². The number of hydrogen-bond acceptors (Lipinski definition) is 3. The summed E-state index contributed by atoms with van der Waals surface area (Å²) in [5, 5.41) is 13.8. The molecule has 0 fully saturated rings. The maximum absolute atomic E-state index is 13.3. The van der Waals surface area contributed by atoms with Crippen LogP contribution < -0.4 is 5.32 Å². The quantitative estimate of drug-likeness (QED) is 0.364. The highest BCUT2D eigenvalue weighted by Gasteiger charge is 2.20. The number of benzene rings is 2. The van der Waals surface area contributed by atoms with Crippen LogP contribution in [0, 0.1) is 11.8 Å². The first-order valence-corrected chi connectivity index (χ1v) is 12.7. The second kappa shape index (κ2) is 14.2. The van der Waals surface area contributed by atoms with Gasteiger partial charge in [0.15, 0.2) is 0 Å². The van der Waals surface area contributed by atoms with Gasteiger partial charge in [-0.05, 0) is 60.4 Å². The van der Waals surface area contributed by atoms with Crippen molar-refractivity contribution >= 4 is 5.91 Å². The van der Waals surface area contributed by atoms with Crippen molar-refractivity contribution in [3.05, 3.63) is 70.8 Å². The Hall–Kier alpha value is -2.17. The lowest BCUT2D eigenvalue weighted by atomic mass is 10.0. The standard InChI is InChI=1S/C29H44N2O2/c1-6-10-24-14-16-26(17-15-24)28(32)19-30-18-9-12-25-11-7-8-13-27(25)29(33)31(20-22(2)3)21-23(4)5/h7-8,11,13-17,22-23,28,30,32H,6,9-10,12,18-21H2,1-5H3. The maximum atomic E-state index is 13.3. The van der Waals surface area contributed by atoms with Gasteiger partial charge in [-0.3, -0.25) is 4.79 Å². The molecule has 0 saturated heterocycles. The van der Waals surface area contributed by atoms with E-state index < -0.39 is 6.10 Å². The average molecular weight is 453 g/mol. The van der Waals surface area contributed by atoms with E-state index in [9.17, 15) is 9.90 Å². The molecule has 182 valence electrons. The molecule has 2 aromatic carbocycles. The van der Waals surface area contributed by atoms with Crippen LogP contribution in [-0.4, -0.2) is 42.1 Å². The SMILES string of the molecule is CCCc1ccc(C(O)CNCCCc2ccccc2C(=O)N(CC(C)C)CC(C)C)cc1. The molecule has 33 heavy (non-hydrogen) atoms. The molecule has 0 spiro atoms. The zero-order valence-corrected chi connectivity index (χ0v) is 21.3. The number of rotatable bonds is 14. The van der Waals surface area contributed by atoms with Crippen LogP contribution in [0.3, 0.4) is 0 Å². The van der Waals surface area contributed by atoms with E-state index in [1.54, 1.807) is 0 Å². The Morgan fingerprint density at radius 1 is 0.939 bits per heavy atom. The van der Waals surface area contributed by atoms with E-state index >= 15 is 0 Å². The van der Waals surface area contributed by atoms with Crippen molar-refractivity contribution in [3.8, 4) is 0 Å². The first-order valence-electron chi connectivity index (χ1n) is 12.7. The fraction of sp³-hybridized carbons (Fsp3) is 0.552. The van der Waals surface area contributed by atoms with E-state index in [1.165, 1.54) is 5.56 Å². The van der Waals surface area contributed by atoms with Crippen LogP contribution >= 0.6 is 0 Å². The molecule has 1 amide bonds. The van der Waals surface area contributed by atoms with Crippen molar-refractivity contribution < 1.29 is 9.90 Å². The summed E-state index contributed by atoms with van der Waals surface area (Å²) in [4.78, 5) is 15.3. The summed E-state index contributed by atoms with van der Waals surface area (Å²) in [6, 6.07) is 16.3. The highest BCUT2D eigenvalue weighted by atomic mass is 16.3. The Balaban J connectivity index is 1.87. The molecule has 2 N–H and O–H groups in total. The molecule has 0 bridgehead atoms. The summed E-state index contributed by atoms with van der Waals surface area (Å²) in [6.45, 7) is 13.7. The Bertz CT molecular complexity index is 820. The topological polar surface area (TPSA) is 52.6 Å². The van der Waals surface area contributed by atoms with Crippen molar-refractivity contribution in [2.24, 2.45) is 11.8 Å². The maximum Gasteiger partial charge on any atom is 0.254 e. The van der Waals surface area contributed by atoms with Crippen molar-refractivity contribution in [3.63, 3.8) is 0 Å². The molecule has 4 heteroatoms. The minimum Gasteiger partial charge on any atom is -0.387 e. The van der Waals surface area contributed by atoms with Crippen LogP contribution in [0.25, 0.3) is 0 Å². The van der Waals surface area contributed by atoms with Gasteiger partial charge in [0, 0.05) is 25.2 Å². The van der Waals surface area contributed by atoms with Crippen molar-refractivity contribution in [2.75, 3.05) is 26.2 Å². The summed E-state index contributed by atoms with van der Waals surface area (Å²) in [7, 11) is 0. The molecular weight excluding hydrogens is 408 g/mol. The molecule has 0 aliphatic carbocycles. The number of amides is 1. The Morgan fingerprint density at radius 3 is 2.18 bits per heavy atom. The lowest BCUT2D eigenvalue weighted by Crippen LogP contribution is -2.37. The van der Waals surface area contributed by atoms with Gasteiger partial charge < -0.3 is 15.3 Å². The van der Waals surface area contributed by atoms with E-state index in [-0.39, 0.29) is 5.91 Å². The number of hydrogen-bond donors (Lipinski definition) is 2. The van der Waals surface area contributed by atoms with Crippen molar-refractivity contribution in [2.45, 2.75) is 66.4 Å². The van der Waals surface area contributed by atoms with E-state index in [2.05, 4.69) is 58.1 Å². The number of carbonyl (C=O) groups is 1. The van der Waals surface area contributed by atoms with Crippen LogP contribution in [0.5, 0.6) is 0 Å². The number of aliphatic hydroxyl groups excluding tert-OH is 1. The van der Waals surface area contributed by atoms with Gasteiger partial charge in [-0.15, -0.1) is 0 Å². The third-order valence-corrected chi connectivity index (χ3v) is 5.75. The minimum atomic E-state index is -0.504. The van der Waals surface area contributed by atoms with Gasteiger partial charge >= 0.3 is 0 Å². The molecule has 0 aromatic heterocycles. The lowest BCUT2D eigenvalue weighted by molar-refractivity contribution is 0.0714. The van der Waals surface area contributed by atoms with E-state index in [1.807, 2.05) is 35.2 Å². The molecule has 0 aliphatic rings. The third-order valence-electron chi connectivity index (χ3n) is 5.75. The summed E-state index contributed by atoms with van der Waals surface area (Å²) in [6.07, 6.45) is 3.46. The molecule has 2 aromatic rings. The summed E-state index contributed by atoms with van der Waals surface area (Å²) in [5.74, 6) is 1.03. The second-order valence-electron chi connectivity index (χ2n) is 9.97. The molecule has 0 saturated carbocycles. The van der Waals surface area contributed by atoms with Crippen LogP contribution in [0.2, 0.25) is 0 Å². The molecule has 2 rings (SSSR count). The van der Waals surface area contributed by atoms with Gasteiger partial charge in [0.05, 0.1) is 6.10 Å². The number of aryl methyl sites for hydroxylation is 2. The fourth-order valence-corrected chi connectivity index (χ4v) is 4.19. The van der Waals surface area contributed by atoms with Crippen molar-refractivity contribution in [1.29, 1.82) is 0 Å².